The van der Waals surface area contributed by atoms with Gasteiger partial charge >= 0.3 is 0 Å². The SMILES string of the molecule is COc1cc(C=C2SC(=S)NC2=O)cc(Cl)c1OCCCOc1cccc(C)c1C. The Labute approximate surface area is 190 Å². The van der Waals surface area contributed by atoms with Crippen molar-refractivity contribution >= 4 is 51.9 Å². The molecular weight excluding hydrogens is 442 g/mol. The van der Waals surface area contributed by atoms with Gasteiger partial charge in [0.1, 0.15) is 10.1 Å². The second kappa shape index (κ2) is 10.2. The van der Waals surface area contributed by atoms with Crippen LogP contribution in [0.3, 0.4) is 0 Å². The van der Waals surface area contributed by atoms with Crippen molar-refractivity contribution in [1.29, 1.82) is 0 Å². The minimum atomic E-state index is -0.218. The summed E-state index contributed by atoms with van der Waals surface area (Å²) in [5.74, 6) is 1.63. The highest BCUT2D eigenvalue weighted by Gasteiger charge is 2.22. The zero-order chi connectivity index (χ0) is 21.7. The number of nitrogens with one attached hydrogen (secondary N) is 1. The Bertz CT molecular complexity index is 1010. The van der Waals surface area contributed by atoms with Crippen LogP contribution in [-0.2, 0) is 4.79 Å². The van der Waals surface area contributed by atoms with Gasteiger partial charge in [-0.15, -0.1) is 0 Å². The molecule has 30 heavy (non-hydrogen) atoms. The molecular formula is C22H22ClNO4S2. The van der Waals surface area contributed by atoms with Crippen LogP contribution < -0.4 is 19.5 Å². The third-order valence-electron chi connectivity index (χ3n) is 4.54. The summed E-state index contributed by atoms with van der Waals surface area (Å²) in [6.07, 6.45) is 2.41. The molecule has 1 heterocycles. The molecule has 0 spiro atoms. The van der Waals surface area contributed by atoms with Crippen molar-refractivity contribution in [2.75, 3.05) is 20.3 Å². The van der Waals surface area contributed by atoms with Gasteiger partial charge in [-0.25, -0.2) is 0 Å². The molecule has 1 amide bonds. The van der Waals surface area contributed by atoms with E-state index in [4.69, 9.17) is 38.0 Å². The number of carbonyl (C=O) groups is 1. The molecule has 2 aromatic carbocycles. The van der Waals surface area contributed by atoms with Crippen molar-refractivity contribution in [2.45, 2.75) is 20.3 Å². The summed E-state index contributed by atoms with van der Waals surface area (Å²) >= 11 is 12.6. The lowest BCUT2D eigenvalue weighted by molar-refractivity contribution is -0.115. The molecule has 0 saturated carbocycles. The van der Waals surface area contributed by atoms with E-state index in [1.165, 1.54) is 17.3 Å². The van der Waals surface area contributed by atoms with Crippen molar-refractivity contribution in [1.82, 2.24) is 5.32 Å². The summed E-state index contributed by atoms with van der Waals surface area (Å²) in [7, 11) is 1.55. The highest BCUT2D eigenvalue weighted by atomic mass is 35.5. The Morgan fingerprint density at radius 1 is 1.17 bits per heavy atom. The van der Waals surface area contributed by atoms with Crippen molar-refractivity contribution in [2.24, 2.45) is 0 Å². The predicted molar refractivity (Wildman–Crippen MR) is 126 cm³/mol. The zero-order valence-corrected chi connectivity index (χ0v) is 19.3. The smallest absolute Gasteiger partial charge is 0.263 e. The molecule has 1 aliphatic rings. The Hall–Kier alpha value is -2.22. The quantitative estimate of drug-likeness (QED) is 0.325. The van der Waals surface area contributed by atoms with Crippen LogP contribution in [0, 0.1) is 13.8 Å². The Balaban J connectivity index is 1.61. The van der Waals surface area contributed by atoms with Crippen LogP contribution in [0.25, 0.3) is 6.08 Å². The third-order valence-corrected chi connectivity index (χ3v) is 5.98. The number of carbonyl (C=O) groups excluding carboxylic acids is 1. The number of aryl methyl sites for hydroxylation is 1. The fourth-order valence-electron chi connectivity index (χ4n) is 2.83. The van der Waals surface area contributed by atoms with Gasteiger partial charge in [0.05, 0.1) is 30.3 Å². The van der Waals surface area contributed by atoms with E-state index in [0.717, 1.165) is 16.9 Å². The standard InChI is InChI=1S/C22H22ClNO4S2/c1-13-6-4-7-17(14(13)2)27-8-5-9-28-20-16(23)10-15(11-18(20)26-3)12-19-21(25)24-22(29)30-19/h4,6-7,10-12H,5,8-9H2,1-3H3,(H,24,25,29). The molecule has 1 fully saturated rings. The number of hydrogen-bond acceptors (Lipinski definition) is 6. The van der Waals surface area contributed by atoms with Crippen LogP contribution >= 0.6 is 35.6 Å². The highest BCUT2D eigenvalue weighted by molar-refractivity contribution is 8.26. The van der Waals surface area contributed by atoms with Crippen molar-refractivity contribution < 1.29 is 19.0 Å². The average Bonchev–Trinajstić information content (AvgIpc) is 3.02. The number of halogens is 1. The van der Waals surface area contributed by atoms with Crippen molar-refractivity contribution in [3.05, 3.63) is 56.9 Å². The molecule has 5 nitrogen and oxygen atoms in total. The van der Waals surface area contributed by atoms with Crippen molar-refractivity contribution in [3.63, 3.8) is 0 Å². The third kappa shape index (κ3) is 5.47. The van der Waals surface area contributed by atoms with Gasteiger partial charge in [0, 0.05) is 6.42 Å². The van der Waals surface area contributed by atoms with E-state index < -0.39 is 0 Å². The van der Waals surface area contributed by atoms with Crippen LogP contribution in [0.15, 0.2) is 35.2 Å². The maximum Gasteiger partial charge on any atom is 0.263 e. The van der Waals surface area contributed by atoms with E-state index >= 15 is 0 Å². The van der Waals surface area contributed by atoms with E-state index in [0.29, 0.717) is 45.4 Å². The maximum atomic E-state index is 11.9. The van der Waals surface area contributed by atoms with Gasteiger partial charge in [0.25, 0.3) is 5.91 Å². The zero-order valence-electron chi connectivity index (χ0n) is 16.9. The molecule has 0 bridgehead atoms. The van der Waals surface area contributed by atoms with Crippen LogP contribution in [-0.4, -0.2) is 30.6 Å². The summed E-state index contributed by atoms with van der Waals surface area (Å²) in [5.41, 5.74) is 3.07. The van der Waals surface area contributed by atoms with Gasteiger partial charge in [-0.2, -0.15) is 0 Å². The van der Waals surface area contributed by atoms with Gasteiger partial charge in [-0.1, -0.05) is 47.7 Å². The summed E-state index contributed by atoms with van der Waals surface area (Å²) in [6.45, 7) is 5.06. The number of methoxy groups -OCH3 is 1. The molecule has 2 aromatic rings. The normalized spacial score (nSPS) is 14.7. The number of thiocarbonyl (C=S) groups is 1. The fourth-order valence-corrected chi connectivity index (χ4v) is 4.15. The van der Waals surface area contributed by atoms with Gasteiger partial charge in [0.2, 0.25) is 0 Å². The molecule has 0 atom stereocenters. The fraction of sp³-hybridized carbons (Fsp3) is 0.273. The number of ether oxygens (including phenoxy) is 3. The first-order valence-corrected chi connectivity index (χ1v) is 10.9. The highest BCUT2D eigenvalue weighted by Crippen LogP contribution is 2.38. The second-order valence-corrected chi connectivity index (χ2v) is 8.76. The molecule has 1 aliphatic heterocycles. The lowest BCUT2D eigenvalue weighted by Gasteiger charge is -2.14. The lowest BCUT2D eigenvalue weighted by Crippen LogP contribution is -2.17. The Morgan fingerprint density at radius 2 is 1.93 bits per heavy atom. The average molecular weight is 464 g/mol. The first-order valence-electron chi connectivity index (χ1n) is 9.33. The molecule has 0 aliphatic carbocycles. The van der Waals surface area contributed by atoms with E-state index in [2.05, 4.69) is 18.3 Å². The van der Waals surface area contributed by atoms with Crippen LogP contribution in [0.1, 0.15) is 23.1 Å². The van der Waals surface area contributed by atoms with E-state index in [1.54, 1.807) is 25.3 Å². The lowest BCUT2D eigenvalue weighted by atomic mass is 10.1. The monoisotopic (exact) mass is 463 g/mol. The van der Waals surface area contributed by atoms with Gasteiger partial charge in [-0.3, -0.25) is 4.79 Å². The number of thioether (sulfide) groups is 1. The Kier molecular flexibility index (Phi) is 7.64. The Morgan fingerprint density at radius 3 is 2.63 bits per heavy atom. The van der Waals surface area contributed by atoms with Gasteiger partial charge in [-0.05, 0) is 54.8 Å². The van der Waals surface area contributed by atoms with Crippen LogP contribution in [0.4, 0.5) is 0 Å². The minimum Gasteiger partial charge on any atom is -0.493 e. The summed E-state index contributed by atoms with van der Waals surface area (Å²) in [4.78, 5) is 12.4. The van der Waals surface area contributed by atoms with E-state index in [-0.39, 0.29) is 5.91 Å². The number of rotatable bonds is 8. The van der Waals surface area contributed by atoms with Gasteiger partial charge in [0.15, 0.2) is 11.5 Å². The molecule has 158 valence electrons. The molecule has 8 heteroatoms. The maximum absolute atomic E-state index is 11.9. The number of hydrogen-bond donors (Lipinski definition) is 1. The first kappa shape index (κ1) is 22.5. The molecule has 3 rings (SSSR count). The number of benzene rings is 2. The first-order chi connectivity index (χ1) is 14.4. The molecule has 0 unspecified atom stereocenters. The predicted octanol–water partition coefficient (Wildman–Crippen LogP) is 5.30. The van der Waals surface area contributed by atoms with E-state index in [9.17, 15) is 4.79 Å². The topological polar surface area (TPSA) is 56.8 Å². The molecule has 0 radical (unpaired) electrons. The second-order valence-electron chi connectivity index (χ2n) is 6.63. The summed E-state index contributed by atoms with van der Waals surface area (Å²) in [6, 6.07) is 9.51. The molecule has 1 saturated heterocycles. The minimum absolute atomic E-state index is 0.218. The summed E-state index contributed by atoms with van der Waals surface area (Å²) in [5, 5.41) is 2.99. The molecule has 0 aromatic heterocycles. The van der Waals surface area contributed by atoms with Crippen LogP contribution in [0.2, 0.25) is 5.02 Å². The number of amides is 1. The summed E-state index contributed by atoms with van der Waals surface area (Å²) < 4.78 is 17.6. The van der Waals surface area contributed by atoms with Gasteiger partial charge < -0.3 is 19.5 Å². The van der Waals surface area contributed by atoms with Crippen molar-refractivity contribution in [3.8, 4) is 17.2 Å². The largest absolute Gasteiger partial charge is 0.493 e. The van der Waals surface area contributed by atoms with E-state index in [1.807, 2.05) is 19.1 Å². The molecule has 1 N–H and O–H groups in total. The van der Waals surface area contributed by atoms with Crippen LogP contribution in [0.5, 0.6) is 17.2 Å².